The first-order valence-electron chi connectivity index (χ1n) is 9.92. The van der Waals surface area contributed by atoms with Crippen molar-refractivity contribution in [3.63, 3.8) is 0 Å². The monoisotopic (exact) mass is 539 g/mol. The van der Waals surface area contributed by atoms with Crippen LogP contribution in [0.25, 0.3) is 0 Å². The third-order valence-electron chi connectivity index (χ3n) is 5.32. The van der Waals surface area contributed by atoms with E-state index in [0.29, 0.717) is 13.3 Å². The minimum absolute atomic E-state index is 0. The Labute approximate surface area is 198 Å². The van der Waals surface area contributed by atoms with Gasteiger partial charge in [0.25, 0.3) is 5.69 Å². The highest BCUT2D eigenvalue weighted by molar-refractivity contribution is 14.0. The third-order valence-corrected chi connectivity index (χ3v) is 5.32. The number of nitro benzene ring substituents is 1. The summed E-state index contributed by atoms with van der Waals surface area (Å²) < 4.78 is 10.8. The number of benzene rings is 2. The van der Waals surface area contributed by atoms with E-state index < -0.39 is 0 Å². The van der Waals surface area contributed by atoms with Crippen molar-refractivity contribution < 1.29 is 14.4 Å². The van der Waals surface area contributed by atoms with Gasteiger partial charge in [0.1, 0.15) is 0 Å². The van der Waals surface area contributed by atoms with Crippen LogP contribution in [0.3, 0.4) is 0 Å². The van der Waals surface area contributed by atoms with Crippen molar-refractivity contribution in [2.45, 2.75) is 13.1 Å². The summed E-state index contributed by atoms with van der Waals surface area (Å²) in [6.07, 6.45) is 0. The van der Waals surface area contributed by atoms with Crippen molar-refractivity contribution in [2.24, 2.45) is 4.99 Å². The smallest absolute Gasteiger partial charge is 0.269 e. The van der Waals surface area contributed by atoms with Crippen molar-refractivity contribution in [2.75, 3.05) is 40.0 Å². The first-order chi connectivity index (χ1) is 14.6. The van der Waals surface area contributed by atoms with Crippen LogP contribution in [0.15, 0.2) is 47.5 Å². The Morgan fingerprint density at radius 3 is 2.42 bits per heavy atom. The molecule has 1 N–H and O–H groups in total. The Morgan fingerprint density at radius 2 is 1.74 bits per heavy atom. The lowest BCUT2D eigenvalue weighted by Gasteiger charge is -2.36. The average Bonchev–Trinajstić information content (AvgIpc) is 3.23. The molecule has 0 bridgehead atoms. The number of fused-ring (bicyclic) bond motifs is 1. The summed E-state index contributed by atoms with van der Waals surface area (Å²) in [7, 11) is 1.77. The minimum atomic E-state index is -0.390. The summed E-state index contributed by atoms with van der Waals surface area (Å²) in [5.74, 6) is 2.48. The van der Waals surface area contributed by atoms with Gasteiger partial charge in [-0.05, 0) is 23.3 Å². The predicted molar refractivity (Wildman–Crippen MR) is 128 cm³/mol. The van der Waals surface area contributed by atoms with Gasteiger partial charge < -0.3 is 19.7 Å². The maximum Gasteiger partial charge on any atom is 0.269 e. The molecule has 0 saturated carbocycles. The molecule has 1 fully saturated rings. The van der Waals surface area contributed by atoms with Gasteiger partial charge in [0.05, 0.1) is 4.92 Å². The van der Waals surface area contributed by atoms with E-state index >= 15 is 0 Å². The molecule has 0 aromatic heterocycles. The molecule has 10 heteroatoms. The fourth-order valence-electron chi connectivity index (χ4n) is 3.66. The summed E-state index contributed by atoms with van der Waals surface area (Å²) in [5, 5.41) is 14.1. The summed E-state index contributed by atoms with van der Waals surface area (Å²) >= 11 is 0. The van der Waals surface area contributed by atoms with E-state index in [-0.39, 0.29) is 34.6 Å². The number of ether oxygens (including phenoxy) is 2. The second-order valence-electron chi connectivity index (χ2n) is 7.28. The number of nitrogens with one attached hydrogen (secondary N) is 1. The quantitative estimate of drug-likeness (QED) is 0.206. The van der Waals surface area contributed by atoms with Gasteiger partial charge >= 0.3 is 0 Å². The summed E-state index contributed by atoms with van der Waals surface area (Å²) in [5.41, 5.74) is 2.29. The Hall–Kier alpha value is -2.60. The van der Waals surface area contributed by atoms with Gasteiger partial charge in [-0.25, -0.2) is 0 Å². The first-order valence-corrected chi connectivity index (χ1v) is 9.92. The van der Waals surface area contributed by atoms with E-state index in [1.54, 1.807) is 19.2 Å². The standard InChI is InChI=1S/C21H25N5O4.HI/c1-22-21(23-13-16-2-5-18(6-3-16)26(27)28)25-10-8-24(9-11-25)14-17-4-7-19-20(12-17)30-15-29-19;/h2-7,12H,8-11,13-15H2,1H3,(H,22,23);1H. The number of guanidine groups is 1. The van der Waals surface area contributed by atoms with E-state index in [4.69, 9.17) is 9.47 Å². The van der Waals surface area contributed by atoms with Gasteiger partial charge in [0, 0.05) is 58.4 Å². The van der Waals surface area contributed by atoms with Gasteiger partial charge in [-0.3, -0.25) is 20.0 Å². The molecule has 4 rings (SSSR count). The van der Waals surface area contributed by atoms with Crippen molar-refractivity contribution in [3.05, 3.63) is 63.7 Å². The van der Waals surface area contributed by atoms with Crippen LogP contribution in [-0.2, 0) is 13.1 Å². The fraction of sp³-hybridized carbons (Fsp3) is 0.381. The molecule has 0 radical (unpaired) electrons. The number of rotatable bonds is 5. The molecule has 0 unspecified atom stereocenters. The van der Waals surface area contributed by atoms with Gasteiger partial charge in [-0.15, -0.1) is 24.0 Å². The van der Waals surface area contributed by atoms with Gasteiger partial charge in [-0.1, -0.05) is 18.2 Å². The Morgan fingerprint density at radius 1 is 1.06 bits per heavy atom. The highest BCUT2D eigenvalue weighted by Gasteiger charge is 2.21. The minimum Gasteiger partial charge on any atom is -0.454 e. The lowest BCUT2D eigenvalue weighted by atomic mass is 10.1. The highest BCUT2D eigenvalue weighted by atomic mass is 127. The van der Waals surface area contributed by atoms with E-state index in [9.17, 15) is 10.1 Å². The van der Waals surface area contributed by atoms with E-state index in [0.717, 1.165) is 55.7 Å². The molecule has 0 spiro atoms. The van der Waals surface area contributed by atoms with Crippen molar-refractivity contribution >= 4 is 35.6 Å². The van der Waals surface area contributed by atoms with Crippen molar-refractivity contribution in [1.29, 1.82) is 0 Å². The molecule has 2 aliphatic rings. The van der Waals surface area contributed by atoms with E-state index in [1.807, 2.05) is 6.07 Å². The second-order valence-corrected chi connectivity index (χ2v) is 7.28. The fourth-order valence-corrected chi connectivity index (χ4v) is 3.66. The molecule has 0 aliphatic carbocycles. The second kappa shape index (κ2) is 10.6. The molecule has 9 nitrogen and oxygen atoms in total. The molecule has 0 amide bonds. The summed E-state index contributed by atoms with van der Waals surface area (Å²) in [6.45, 7) is 5.37. The molecule has 2 heterocycles. The van der Waals surface area contributed by atoms with Gasteiger partial charge in [-0.2, -0.15) is 0 Å². The maximum absolute atomic E-state index is 10.8. The zero-order valence-electron chi connectivity index (χ0n) is 17.3. The molecular weight excluding hydrogens is 513 g/mol. The third kappa shape index (κ3) is 5.76. The normalized spacial score (nSPS) is 16.0. The molecule has 166 valence electrons. The molecule has 1 saturated heterocycles. The molecule has 31 heavy (non-hydrogen) atoms. The van der Waals surface area contributed by atoms with Crippen LogP contribution in [0.5, 0.6) is 11.5 Å². The molecule has 2 aliphatic heterocycles. The van der Waals surface area contributed by atoms with Gasteiger partial charge in [0.2, 0.25) is 6.79 Å². The van der Waals surface area contributed by atoms with Crippen LogP contribution in [0.4, 0.5) is 5.69 Å². The Bertz CT molecular complexity index is 930. The number of aliphatic imine (C=N–C) groups is 1. The largest absolute Gasteiger partial charge is 0.454 e. The van der Waals surface area contributed by atoms with E-state index in [2.05, 4.69) is 32.2 Å². The average molecular weight is 539 g/mol. The first kappa shape index (κ1) is 23.1. The number of piperazine rings is 1. The van der Waals surface area contributed by atoms with Crippen LogP contribution in [0.1, 0.15) is 11.1 Å². The predicted octanol–water partition coefficient (Wildman–Crippen LogP) is 2.83. The zero-order chi connectivity index (χ0) is 20.9. The van der Waals surface area contributed by atoms with Crippen LogP contribution < -0.4 is 14.8 Å². The van der Waals surface area contributed by atoms with Crippen LogP contribution in [0.2, 0.25) is 0 Å². The number of nitro groups is 1. The Kier molecular flexibility index (Phi) is 7.91. The zero-order valence-corrected chi connectivity index (χ0v) is 19.7. The highest BCUT2D eigenvalue weighted by Crippen LogP contribution is 2.32. The van der Waals surface area contributed by atoms with Crippen molar-refractivity contribution in [3.8, 4) is 11.5 Å². The van der Waals surface area contributed by atoms with Crippen LogP contribution >= 0.6 is 24.0 Å². The van der Waals surface area contributed by atoms with Crippen molar-refractivity contribution in [1.82, 2.24) is 15.1 Å². The van der Waals surface area contributed by atoms with Crippen LogP contribution in [0, 0.1) is 10.1 Å². The number of halogens is 1. The lowest BCUT2D eigenvalue weighted by Crippen LogP contribution is -2.52. The number of nitrogens with zero attached hydrogens (tertiary/aromatic N) is 4. The molecule has 2 aromatic rings. The summed E-state index contributed by atoms with van der Waals surface area (Å²) in [4.78, 5) is 19.4. The van der Waals surface area contributed by atoms with Crippen LogP contribution in [-0.4, -0.2) is 60.7 Å². The maximum atomic E-state index is 10.8. The summed E-state index contributed by atoms with van der Waals surface area (Å²) in [6, 6.07) is 12.7. The number of hydrogen-bond donors (Lipinski definition) is 1. The molecular formula is C21H26IN5O4. The lowest BCUT2D eigenvalue weighted by molar-refractivity contribution is -0.384. The molecule has 0 atom stereocenters. The van der Waals surface area contributed by atoms with E-state index in [1.165, 1.54) is 17.7 Å². The number of hydrogen-bond acceptors (Lipinski definition) is 6. The topological polar surface area (TPSA) is 92.5 Å². The SMILES string of the molecule is CN=C(NCc1ccc([N+](=O)[O-])cc1)N1CCN(Cc2ccc3c(c2)OCO3)CC1.I. The number of non-ortho nitro benzene ring substituents is 1. The Balaban J connectivity index is 0.00000272. The molecule has 2 aromatic carbocycles. The van der Waals surface area contributed by atoms with Gasteiger partial charge in [0.15, 0.2) is 17.5 Å².